The van der Waals surface area contributed by atoms with Crippen molar-refractivity contribution in [2.75, 3.05) is 12.3 Å². The molecular weight excluding hydrogens is 252 g/mol. The van der Waals surface area contributed by atoms with E-state index in [-0.39, 0.29) is 5.41 Å². The van der Waals surface area contributed by atoms with Gasteiger partial charge in [0.25, 0.3) is 0 Å². The lowest BCUT2D eigenvalue weighted by atomic mass is 9.88. The molecule has 102 valence electrons. The van der Waals surface area contributed by atoms with E-state index < -0.39 is 11.6 Å². The number of rotatable bonds is 5. The minimum atomic E-state index is -0.793. The maximum atomic E-state index is 13.1. The van der Waals surface area contributed by atoms with Crippen LogP contribution in [0.1, 0.15) is 27.7 Å². The zero-order valence-corrected chi connectivity index (χ0v) is 12.2. The smallest absolute Gasteiger partial charge is 0.159 e. The molecule has 1 aromatic carbocycles. The lowest BCUT2D eigenvalue weighted by molar-refractivity contribution is 0.295. The Morgan fingerprint density at radius 3 is 2.39 bits per heavy atom. The number of nitrogens with one attached hydrogen (secondary N) is 1. The summed E-state index contributed by atoms with van der Waals surface area (Å²) in [5, 5.41) is 3.43. The minimum absolute atomic E-state index is 0.140. The number of benzene rings is 1. The quantitative estimate of drug-likeness (QED) is 0.811. The van der Waals surface area contributed by atoms with Crippen LogP contribution in [0.3, 0.4) is 0 Å². The third-order valence-electron chi connectivity index (χ3n) is 2.80. The Bertz CT molecular complexity index is 388. The summed E-state index contributed by atoms with van der Waals surface area (Å²) < 4.78 is 25.9. The molecule has 0 aromatic heterocycles. The molecular formula is C14H21F2NS. The molecule has 0 amide bonds. The van der Waals surface area contributed by atoms with Gasteiger partial charge in [-0.05, 0) is 30.2 Å². The Labute approximate surface area is 112 Å². The first-order valence-corrected chi connectivity index (χ1v) is 7.14. The van der Waals surface area contributed by atoms with Gasteiger partial charge >= 0.3 is 0 Å². The molecule has 1 nitrogen and oxygen atoms in total. The first kappa shape index (κ1) is 15.4. The minimum Gasteiger partial charge on any atom is -0.313 e. The maximum absolute atomic E-state index is 13.1. The molecule has 0 spiro atoms. The molecule has 18 heavy (non-hydrogen) atoms. The SMILES string of the molecule is CCNC(CSc1ccc(F)c(F)c1)C(C)(C)C. The molecule has 4 heteroatoms. The summed E-state index contributed by atoms with van der Waals surface area (Å²) in [5.74, 6) is -0.739. The fourth-order valence-corrected chi connectivity index (χ4v) is 2.94. The molecule has 0 fully saturated rings. The van der Waals surface area contributed by atoms with Crippen molar-refractivity contribution in [3.63, 3.8) is 0 Å². The highest BCUT2D eigenvalue weighted by atomic mass is 32.2. The van der Waals surface area contributed by atoms with Crippen molar-refractivity contribution in [2.24, 2.45) is 5.41 Å². The largest absolute Gasteiger partial charge is 0.313 e. The van der Waals surface area contributed by atoms with Crippen LogP contribution in [-0.2, 0) is 0 Å². The predicted octanol–water partition coefficient (Wildman–Crippen LogP) is 4.08. The Morgan fingerprint density at radius 2 is 1.89 bits per heavy atom. The third-order valence-corrected chi connectivity index (χ3v) is 3.89. The maximum Gasteiger partial charge on any atom is 0.159 e. The fourth-order valence-electron chi connectivity index (χ4n) is 1.61. The normalized spacial score (nSPS) is 13.7. The molecule has 1 atom stereocenters. The van der Waals surface area contributed by atoms with Crippen molar-refractivity contribution in [1.82, 2.24) is 5.32 Å². The second-order valence-electron chi connectivity index (χ2n) is 5.36. The van der Waals surface area contributed by atoms with Crippen molar-refractivity contribution in [1.29, 1.82) is 0 Å². The number of hydrogen-bond acceptors (Lipinski definition) is 2. The van der Waals surface area contributed by atoms with Crippen LogP contribution in [0, 0.1) is 17.0 Å². The monoisotopic (exact) mass is 273 g/mol. The molecule has 0 radical (unpaired) electrons. The van der Waals surface area contributed by atoms with Crippen molar-refractivity contribution in [3.05, 3.63) is 29.8 Å². The van der Waals surface area contributed by atoms with Gasteiger partial charge in [0.15, 0.2) is 11.6 Å². The summed E-state index contributed by atoms with van der Waals surface area (Å²) in [4.78, 5) is 0.765. The Hall–Kier alpha value is -0.610. The average Bonchev–Trinajstić information content (AvgIpc) is 2.27. The molecule has 0 bridgehead atoms. The highest BCUT2D eigenvalue weighted by Gasteiger charge is 2.23. The van der Waals surface area contributed by atoms with Crippen molar-refractivity contribution < 1.29 is 8.78 Å². The molecule has 0 saturated heterocycles. The number of halogens is 2. The van der Waals surface area contributed by atoms with Gasteiger partial charge in [0, 0.05) is 16.7 Å². The van der Waals surface area contributed by atoms with Gasteiger partial charge in [-0.3, -0.25) is 0 Å². The van der Waals surface area contributed by atoms with Gasteiger partial charge in [-0.15, -0.1) is 11.8 Å². The van der Waals surface area contributed by atoms with E-state index in [4.69, 9.17) is 0 Å². The summed E-state index contributed by atoms with van der Waals surface area (Å²) in [6.07, 6.45) is 0. The predicted molar refractivity (Wildman–Crippen MR) is 74.0 cm³/mol. The van der Waals surface area contributed by atoms with E-state index in [1.54, 1.807) is 17.8 Å². The van der Waals surface area contributed by atoms with E-state index >= 15 is 0 Å². The molecule has 0 aliphatic heterocycles. The molecule has 1 N–H and O–H groups in total. The van der Waals surface area contributed by atoms with Crippen molar-refractivity contribution >= 4 is 11.8 Å². The summed E-state index contributed by atoms with van der Waals surface area (Å²) in [5.41, 5.74) is 0.140. The first-order valence-electron chi connectivity index (χ1n) is 6.16. The topological polar surface area (TPSA) is 12.0 Å². The van der Waals surface area contributed by atoms with E-state index in [2.05, 4.69) is 33.0 Å². The molecule has 0 heterocycles. The molecule has 1 rings (SSSR count). The van der Waals surface area contributed by atoms with E-state index in [0.717, 1.165) is 17.2 Å². The zero-order valence-electron chi connectivity index (χ0n) is 11.4. The lowest BCUT2D eigenvalue weighted by Crippen LogP contribution is -2.42. The molecule has 0 aliphatic carbocycles. The molecule has 1 aromatic rings. The Kier molecular flexibility index (Phi) is 5.60. The van der Waals surface area contributed by atoms with Crippen LogP contribution in [0.25, 0.3) is 0 Å². The van der Waals surface area contributed by atoms with Crippen LogP contribution in [-0.4, -0.2) is 18.3 Å². The highest BCUT2D eigenvalue weighted by Crippen LogP contribution is 2.27. The van der Waals surface area contributed by atoms with Crippen LogP contribution in [0.15, 0.2) is 23.1 Å². The van der Waals surface area contributed by atoms with Crippen LogP contribution < -0.4 is 5.32 Å². The Balaban J connectivity index is 2.64. The standard InChI is InChI=1S/C14H21F2NS/c1-5-17-13(14(2,3)4)9-18-10-6-7-11(15)12(16)8-10/h6-8,13,17H,5,9H2,1-4H3. The number of thioether (sulfide) groups is 1. The molecule has 1 unspecified atom stereocenters. The van der Waals surface area contributed by atoms with E-state index in [1.165, 1.54) is 12.1 Å². The van der Waals surface area contributed by atoms with Gasteiger partial charge in [0.05, 0.1) is 0 Å². The summed E-state index contributed by atoms with van der Waals surface area (Å²) in [7, 11) is 0. The second kappa shape index (κ2) is 6.53. The van der Waals surface area contributed by atoms with E-state index in [9.17, 15) is 8.78 Å². The van der Waals surface area contributed by atoms with Crippen molar-refractivity contribution in [2.45, 2.75) is 38.6 Å². The molecule has 0 aliphatic rings. The van der Waals surface area contributed by atoms with Gasteiger partial charge in [-0.25, -0.2) is 8.78 Å². The van der Waals surface area contributed by atoms with Crippen LogP contribution in [0.4, 0.5) is 8.78 Å². The van der Waals surface area contributed by atoms with E-state index in [1.807, 2.05) is 0 Å². The van der Waals surface area contributed by atoms with Gasteiger partial charge in [-0.1, -0.05) is 27.7 Å². The van der Waals surface area contributed by atoms with Crippen LogP contribution in [0.2, 0.25) is 0 Å². The molecule has 0 saturated carbocycles. The number of hydrogen-bond donors (Lipinski definition) is 1. The highest BCUT2D eigenvalue weighted by molar-refractivity contribution is 7.99. The summed E-state index contributed by atoms with van der Waals surface area (Å²) in [6, 6.07) is 4.39. The van der Waals surface area contributed by atoms with Crippen molar-refractivity contribution in [3.8, 4) is 0 Å². The van der Waals surface area contributed by atoms with Gasteiger partial charge in [-0.2, -0.15) is 0 Å². The summed E-state index contributed by atoms with van der Waals surface area (Å²) >= 11 is 1.55. The van der Waals surface area contributed by atoms with Crippen LogP contribution in [0.5, 0.6) is 0 Å². The first-order chi connectivity index (χ1) is 8.34. The third kappa shape index (κ3) is 4.58. The lowest BCUT2D eigenvalue weighted by Gasteiger charge is -2.31. The summed E-state index contributed by atoms with van der Waals surface area (Å²) in [6.45, 7) is 9.49. The second-order valence-corrected chi connectivity index (χ2v) is 6.46. The van der Waals surface area contributed by atoms with Gasteiger partial charge in [0.2, 0.25) is 0 Å². The Morgan fingerprint density at radius 1 is 1.22 bits per heavy atom. The van der Waals surface area contributed by atoms with Crippen LogP contribution >= 0.6 is 11.8 Å². The zero-order chi connectivity index (χ0) is 13.8. The van der Waals surface area contributed by atoms with Gasteiger partial charge < -0.3 is 5.32 Å². The fraction of sp³-hybridized carbons (Fsp3) is 0.571. The van der Waals surface area contributed by atoms with E-state index in [0.29, 0.717) is 6.04 Å². The average molecular weight is 273 g/mol. The van der Waals surface area contributed by atoms with Gasteiger partial charge in [0.1, 0.15) is 0 Å².